The summed E-state index contributed by atoms with van der Waals surface area (Å²) >= 11 is 0. The zero-order chi connectivity index (χ0) is 23.8. The molecule has 0 unspecified atom stereocenters. The number of hydrogen-bond acceptors (Lipinski definition) is 5. The molecule has 8 heteroatoms. The Morgan fingerprint density at radius 2 is 1.78 bits per heavy atom. The molecule has 7 nitrogen and oxygen atoms in total. The standard InChI is InChI=1S/C26H26FN5O2.2CH4/c1-16-13-14-32-23(16)26(34)31(2)21-15-28-22(30-24(21)32)12-5-17-3-6-18(7-4-17)25(33)29-20-10-8-19(27)9-11-20;;/h3-4,6-11,15-16,23H,5,12-14H2,1-2H3,(H,29,33);2*1H4/t16-,23+;;/m0../s1. The molecule has 2 aromatic carbocycles. The van der Waals surface area contributed by atoms with Crippen LogP contribution in [0.3, 0.4) is 0 Å². The number of likely N-dealkylation sites (N-methyl/N-ethyl adjacent to an activating group) is 1. The number of carbonyl (C=O) groups is 2. The smallest absolute Gasteiger partial charge is 0.255 e. The Morgan fingerprint density at radius 3 is 2.47 bits per heavy atom. The molecule has 0 saturated carbocycles. The molecule has 0 bridgehead atoms. The molecule has 0 spiro atoms. The summed E-state index contributed by atoms with van der Waals surface area (Å²) in [5, 5.41) is 2.76. The zero-order valence-electron chi connectivity index (χ0n) is 19.2. The Balaban J connectivity index is 0.00000180. The van der Waals surface area contributed by atoms with Gasteiger partial charge in [-0.05, 0) is 60.7 Å². The van der Waals surface area contributed by atoms with Crippen molar-refractivity contribution in [3.63, 3.8) is 0 Å². The van der Waals surface area contributed by atoms with Crippen molar-refractivity contribution in [2.24, 2.45) is 5.92 Å². The molecule has 2 atom stereocenters. The molecule has 3 aromatic rings. The van der Waals surface area contributed by atoms with Crippen LogP contribution in [-0.4, -0.2) is 41.4 Å². The number of nitrogens with zero attached hydrogens (tertiary/aromatic N) is 4. The van der Waals surface area contributed by atoms with Crippen molar-refractivity contribution in [3.05, 3.63) is 77.5 Å². The Bertz CT molecular complexity index is 1230. The molecule has 190 valence electrons. The van der Waals surface area contributed by atoms with Gasteiger partial charge in [-0.25, -0.2) is 14.4 Å². The van der Waals surface area contributed by atoms with Gasteiger partial charge < -0.3 is 15.1 Å². The van der Waals surface area contributed by atoms with Gasteiger partial charge in [0.2, 0.25) is 5.91 Å². The van der Waals surface area contributed by atoms with E-state index in [4.69, 9.17) is 4.98 Å². The first-order valence-electron chi connectivity index (χ1n) is 11.5. The summed E-state index contributed by atoms with van der Waals surface area (Å²) < 4.78 is 13.0. The van der Waals surface area contributed by atoms with Crippen LogP contribution in [0.15, 0.2) is 54.7 Å². The topological polar surface area (TPSA) is 78.4 Å². The normalized spacial score (nSPS) is 18.0. The molecule has 0 aliphatic carbocycles. The van der Waals surface area contributed by atoms with E-state index >= 15 is 0 Å². The Morgan fingerprint density at radius 1 is 1.08 bits per heavy atom. The van der Waals surface area contributed by atoms with Gasteiger partial charge in [-0.1, -0.05) is 33.9 Å². The fraction of sp³-hybridized carbons (Fsp3) is 0.357. The van der Waals surface area contributed by atoms with Gasteiger partial charge in [-0.15, -0.1) is 0 Å². The highest BCUT2D eigenvalue weighted by atomic mass is 19.1. The van der Waals surface area contributed by atoms with Crippen LogP contribution in [0.2, 0.25) is 0 Å². The molecule has 1 aromatic heterocycles. The number of aromatic nitrogens is 2. The summed E-state index contributed by atoms with van der Waals surface area (Å²) in [5.74, 6) is 1.40. The van der Waals surface area contributed by atoms with E-state index in [1.54, 1.807) is 30.3 Å². The lowest BCUT2D eigenvalue weighted by Crippen LogP contribution is -2.51. The molecule has 36 heavy (non-hydrogen) atoms. The minimum atomic E-state index is -0.347. The predicted molar refractivity (Wildman–Crippen MR) is 142 cm³/mol. The lowest BCUT2D eigenvalue weighted by Gasteiger charge is -2.37. The van der Waals surface area contributed by atoms with Gasteiger partial charge in [0.15, 0.2) is 5.82 Å². The van der Waals surface area contributed by atoms with E-state index in [0.717, 1.165) is 42.3 Å². The van der Waals surface area contributed by atoms with Crippen LogP contribution < -0.4 is 15.1 Å². The number of anilines is 3. The summed E-state index contributed by atoms with van der Waals surface area (Å²) in [4.78, 5) is 38.3. The molecule has 0 radical (unpaired) electrons. The van der Waals surface area contributed by atoms with E-state index in [-0.39, 0.29) is 38.5 Å². The van der Waals surface area contributed by atoms with Gasteiger partial charge in [0.1, 0.15) is 23.4 Å². The average molecular weight is 492 g/mol. The first-order chi connectivity index (χ1) is 16.4. The molecule has 2 aliphatic heterocycles. The number of rotatable bonds is 5. The number of amides is 2. The molecular formula is C28H34FN5O2. The number of benzene rings is 2. The van der Waals surface area contributed by atoms with Crippen LogP contribution in [0.4, 0.5) is 21.6 Å². The van der Waals surface area contributed by atoms with Crippen molar-refractivity contribution < 1.29 is 14.0 Å². The highest BCUT2D eigenvalue weighted by Crippen LogP contribution is 2.39. The number of halogens is 1. The van der Waals surface area contributed by atoms with Crippen molar-refractivity contribution in [2.75, 3.05) is 28.7 Å². The van der Waals surface area contributed by atoms with E-state index in [1.165, 1.54) is 24.3 Å². The van der Waals surface area contributed by atoms with Crippen molar-refractivity contribution in [1.82, 2.24) is 9.97 Å². The number of fused-ring (bicyclic) bond motifs is 3. The van der Waals surface area contributed by atoms with Gasteiger partial charge >= 0.3 is 0 Å². The largest absolute Gasteiger partial charge is 0.342 e. The van der Waals surface area contributed by atoms with Crippen LogP contribution in [-0.2, 0) is 17.6 Å². The molecule has 2 amide bonds. The van der Waals surface area contributed by atoms with E-state index in [9.17, 15) is 14.0 Å². The van der Waals surface area contributed by atoms with E-state index < -0.39 is 0 Å². The highest BCUT2D eigenvalue weighted by molar-refractivity contribution is 6.05. The average Bonchev–Trinajstić information content (AvgIpc) is 3.24. The monoisotopic (exact) mass is 491 g/mol. The zero-order valence-corrected chi connectivity index (χ0v) is 19.2. The number of nitrogens with one attached hydrogen (secondary N) is 1. The summed E-state index contributed by atoms with van der Waals surface area (Å²) in [6, 6.07) is 12.9. The maximum Gasteiger partial charge on any atom is 0.255 e. The van der Waals surface area contributed by atoms with Crippen molar-refractivity contribution in [2.45, 2.75) is 47.1 Å². The third kappa shape index (κ3) is 5.08. The maximum atomic E-state index is 13.0. The van der Waals surface area contributed by atoms with Gasteiger partial charge in [0.05, 0.1) is 6.20 Å². The number of carbonyl (C=O) groups excluding carboxylic acids is 2. The molecular weight excluding hydrogens is 457 g/mol. The van der Waals surface area contributed by atoms with E-state index in [2.05, 4.69) is 22.1 Å². The summed E-state index contributed by atoms with van der Waals surface area (Å²) in [6.07, 6.45) is 4.11. The van der Waals surface area contributed by atoms with Crippen molar-refractivity contribution in [3.8, 4) is 0 Å². The second-order valence-electron chi connectivity index (χ2n) is 8.95. The maximum absolute atomic E-state index is 13.0. The van der Waals surface area contributed by atoms with Crippen LogP contribution in [0.5, 0.6) is 0 Å². The minimum absolute atomic E-state index is 0. The van der Waals surface area contributed by atoms with Gasteiger partial charge in [-0.3, -0.25) is 9.59 Å². The minimum Gasteiger partial charge on any atom is -0.342 e. The van der Waals surface area contributed by atoms with Crippen LogP contribution in [0, 0.1) is 11.7 Å². The number of aryl methyl sites for hydroxylation is 2. The van der Waals surface area contributed by atoms with Crippen molar-refractivity contribution >= 4 is 29.0 Å². The van der Waals surface area contributed by atoms with Crippen LogP contribution in [0.1, 0.15) is 49.9 Å². The highest BCUT2D eigenvalue weighted by Gasteiger charge is 2.44. The first-order valence-corrected chi connectivity index (χ1v) is 11.5. The SMILES string of the molecule is C.C.C[C@H]1CCN2c3nc(CCc4ccc(C(=O)Nc5ccc(F)cc5)cc4)ncc3N(C)C(=O)[C@@H]12. The Kier molecular flexibility index (Phi) is 8.07. The first kappa shape index (κ1) is 26.8. The lowest BCUT2D eigenvalue weighted by atomic mass is 10.00. The summed E-state index contributed by atoms with van der Waals surface area (Å²) in [7, 11) is 1.79. The fourth-order valence-corrected chi connectivity index (χ4v) is 4.66. The molecule has 3 heterocycles. The summed E-state index contributed by atoms with van der Waals surface area (Å²) in [6.45, 7) is 2.95. The molecule has 2 aliphatic rings. The van der Waals surface area contributed by atoms with Gasteiger partial charge in [0.25, 0.3) is 5.91 Å². The lowest BCUT2D eigenvalue weighted by molar-refractivity contribution is -0.120. The number of hydrogen-bond donors (Lipinski definition) is 1. The predicted octanol–water partition coefficient (Wildman–Crippen LogP) is 5.12. The fourth-order valence-electron chi connectivity index (χ4n) is 4.66. The third-order valence-electron chi connectivity index (χ3n) is 6.67. The summed E-state index contributed by atoms with van der Waals surface area (Å²) in [5.41, 5.74) is 2.90. The molecule has 5 rings (SSSR count). The second kappa shape index (κ2) is 10.8. The van der Waals surface area contributed by atoms with E-state index in [0.29, 0.717) is 23.6 Å². The molecule has 1 saturated heterocycles. The molecule has 1 N–H and O–H groups in total. The van der Waals surface area contributed by atoms with Crippen molar-refractivity contribution in [1.29, 1.82) is 0 Å². The second-order valence-corrected chi connectivity index (χ2v) is 8.95. The Labute approximate surface area is 212 Å². The van der Waals surface area contributed by atoms with Crippen LogP contribution in [0.25, 0.3) is 0 Å². The quantitative estimate of drug-likeness (QED) is 0.536. The molecule has 1 fully saturated rings. The van der Waals surface area contributed by atoms with Gasteiger partial charge in [-0.2, -0.15) is 0 Å². The van der Waals surface area contributed by atoms with E-state index in [1.807, 2.05) is 12.1 Å². The third-order valence-corrected chi connectivity index (χ3v) is 6.67. The van der Waals surface area contributed by atoms with Crippen LogP contribution >= 0.6 is 0 Å². The Hall–Kier alpha value is -3.81. The van der Waals surface area contributed by atoms with Gasteiger partial charge in [0, 0.05) is 31.3 Å².